The highest BCUT2D eigenvalue weighted by Gasteiger charge is 2.60. The summed E-state index contributed by atoms with van der Waals surface area (Å²) in [5, 5.41) is 2.69. The van der Waals surface area contributed by atoms with Gasteiger partial charge in [-0.05, 0) is 18.6 Å². The van der Waals surface area contributed by atoms with Gasteiger partial charge in [-0.1, -0.05) is 12.1 Å². The molecule has 4 rings (SSSR count). The Hall–Kier alpha value is -2.92. The lowest BCUT2D eigenvalue weighted by molar-refractivity contribution is -0.143. The lowest BCUT2D eigenvalue weighted by Crippen LogP contribution is -2.68. The predicted molar refractivity (Wildman–Crippen MR) is 88.3 cm³/mol. The molecule has 26 heavy (non-hydrogen) atoms. The molecule has 0 radical (unpaired) electrons. The highest BCUT2D eigenvalue weighted by molar-refractivity contribution is 7.84. The zero-order chi connectivity index (χ0) is 18.5. The van der Waals surface area contributed by atoms with Crippen LogP contribution in [-0.2, 0) is 15.1 Å². The van der Waals surface area contributed by atoms with Gasteiger partial charge < -0.3 is 14.6 Å². The van der Waals surface area contributed by atoms with E-state index in [0.29, 0.717) is 15.8 Å². The highest BCUT2D eigenvalue weighted by atomic mass is 32.2. The van der Waals surface area contributed by atoms with Gasteiger partial charge in [0.25, 0.3) is 5.91 Å². The van der Waals surface area contributed by atoms with E-state index in [4.69, 9.17) is 8.97 Å². The van der Waals surface area contributed by atoms with E-state index >= 15 is 0 Å². The van der Waals surface area contributed by atoms with Crippen LogP contribution in [0.25, 0.3) is 11.3 Å². The van der Waals surface area contributed by atoms with Crippen LogP contribution in [0.1, 0.15) is 6.42 Å². The monoisotopic (exact) mass is 378 g/mol. The second-order valence-corrected chi connectivity index (χ2v) is 7.27. The van der Waals surface area contributed by atoms with Crippen LogP contribution in [-0.4, -0.2) is 57.7 Å². The Balaban J connectivity index is 1.49. The number of carbonyl (C=O) groups excluding carboxylic acids is 2. The molecule has 0 aliphatic carbocycles. The summed E-state index contributed by atoms with van der Waals surface area (Å²) in [6, 6.07) is 4.78. The molecule has 3 amide bonds. The molecule has 2 N–H and O–H groups in total. The third-order valence-electron chi connectivity index (χ3n) is 4.48. The molecule has 0 saturated carbocycles. The van der Waals surface area contributed by atoms with E-state index in [2.05, 4.69) is 10.3 Å². The maximum Gasteiger partial charge on any atom is 0.362 e. The molecule has 10 nitrogen and oxygen atoms in total. The zero-order valence-corrected chi connectivity index (χ0v) is 14.1. The number of hydrogen-bond donors (Lipinski definition) is 2. The largest absolute Gasteiger partial charge is 0.444 e. The Kier molecular flexibility index (Phi) is 3.70. The highest BCUT2D eigenvalue weighted by Crippen LogP contribution is 2.36. The molecule has 0 spiro atoms. The number of rotatable bonds is 3. The molecule has 136 valence electrons. The first kappa shape index (κ1) is 16.5. The molecule has 1 aromatic heterocycles. The van der Waals surface area contributed by atoms with Crippen molar-refractivity contribution in [2.75, 3.05) is 11.9 Å². The summed E-state index contributed by atoms with van der Waals surface area (Å²) in [6.07, 6.45) is 3.12. The summed E-state index contributed by atoms with van der Waals surface area (Å²) in [5.74, 6) is -0.263. The summed E-state index contributed by atoms with van der Waals surface area (Å²) >= 11 is 0. The van der Waals surface area contributed by atoms with Gasteiger partial charge in [0.05, 0.1) is 12.2 Å². The van der Waals surface area contributed by atoms with Gasteiger partial charge in [0.1, 0.15) is 6.04 Å². The van der Waals surface area contributed by atoms with Crippen LogP contribution in [0.15, 0.2) is 41.3 Å². The molecule has 2 aliphatic heterocycles. The van der Waals surface area contributed by atoms with E-state index in [1.807, 2.05) is 0 Å². The summed E-state index contributed by atoms with van der Waals surface area (Å²) in [6.45, 7) is 0.209. The van der Waals surface area contributed by atoms with Gasteiger partial charge in [0.2, 0.25) is 0 Å². The number of carbonyl (C=O) groups is 2. The number of hydrogen-bond acceptors (Lipinski definition) is 6. The van der Waals surface area contributed by atoms with Gasteiger partial charge in [-0.25, -0.2) is 14.1 Å². The maximum absolute atomic E-state index is 12.5. The summed E-state index contributed by atoms with van der Waals surface area (Å²) in [4.78, 5) is 29.6. The van der Waals surface area contributed by atoms with E-state index in [1.54, 1.807) is 30.5 Å². The van der Waals surface area contributed by atoms with Gasteiger partial charge in [-0.2, -0.15) is 8.42 Å². The molecule has 1 aromatic carbocycles. The summed E-state index contributed by atoms with van der Waals surface area (Å²) in [7, 11) is -4.60. The Morgan fingerprint density at radius 1 is 1.38 bits per heavy atom. The lowest BCUT2D eigenvalue weighted by Gasteiger charge is -2.42. The average Bonchev–Trinajstić information content (AvgIpc) is 3.21. The first-order valence-electron chi connectivity index (χ1n) is 7.73. The first-order chi connectivity index (χ1) is 12.4. The minimum atomic E-state index is -4.60. The molecule has 2 aliphatic rings. The number of oxazole rings is 1. The summed E-state index contributed by atoms with van der Waals surface area (Å²) in [5.41, 5.74) is 1.21. The third kappa shape index (κ3) is 2.61. The number of fused-ring (bicyclic) bond motifs is 1. The first-order valence-corrected chi connectivity index (χ1v) is 9.13. The van der Waals surface area contributed by atoms with Crippen LogP contribution >= 0.6 is 0 Å². The Morgan fingerprint density at radius 2 is 2.19 bits per heavy atom. The Bertz CT molecular complexity index is 974. The fourth-order valence-corrected chi connectivity index (χ4v) is 4.25. The van der Waals surface area contributed by atoms with Crippen molar-refractivity contribution in [1.29, 1.82) is 0 Å². The van der Waals surface area contributed by atoms with Crippen molar-refractivity contribution in [1.82, 2.24) is 14.2 Å². The second-order valence-electron chi connectivity index (χ2n) is 5.98. The number of aromatic nitrogens is 1. The Morgan fingerprint density at radius 3 is 2.88 bits per heavy atom. The fraction of sp³-hybridized carbons (Fsp3) is 0.267. The molecule has 0 unspecified atom stereocenters. The van der Waals surface area contributed by atoms with Gasteiger partial charge >= 0.3 is 16.3 Å². The van der Waals surface area contributed by atoms with Gasteiger partial charge in [-0.3, -0.25) is 9.35 Å². The summed E-state index contributed by atoms with van der Waals surface area (Å²) < 4.78 is 37.1. The number of nitrogens with zero attached hydrogens (tertiary/aromatic N) is 3. The maximum atomic E-state index is 12.5. The molecular formula is C15H14N4O6S. The van der Waals surface area contributed by atoms with Crippen LogP contribution in [0.4, 0.5) is 10.5 Å². The Labute approximate surface area is 148 Å². The number of benzene rings is 1. The molecule has 3 heterocycles. The van der Waals surface area contributed by atoms with E-state index in [1.165, 1.54) is 11.3 Å². The molecule has 2 aromatic rings. The molecular weight excluding hydrogens is 364 g/mol. The number of nitrogens with one attached hydrogen (secondary N) is 1. The van der Waals surface area contributed by atoms with Crippen LogP contribution in [0, 0.1) is 0 Å². The molecule has 2 saturated heterocycles. The number of β-lactam (4-membered cyclic amide) rings is 1. The minimum Gasteiger partial charge on any atom is -0.444 e. The van der Waals surface area contributed by atoms with E-state index < -0.39 is 34.3 Å². The normalized spacial score (nSPS) is 22.1. The van der Waals surface area contributed by atoms with E-state index in [-0.39, 0.29) is 13.0 Å². The quantitative estimate of drug-likeness (QED) is 0.600. The lowest BCUT2D eigenvalue weighted by atomic mass is 10.0. The van der Waals surface area contributed by atoms with Gasteiger partial charge in [-0.15, -0.1) is 0 Å². The molecule has 2 fully saturated rings. The number of urea groups is 1. The number of anilines is 1. The van der Waals surface area contributed by atoms with Crippen molar-refractivity contribution in [2.24, 2.45) is 0 Å². The van der Waals surface area contributed by atoms with Crippen molar-refractivity contribution >= 4 is 27.9 Å². The van der Waals surface area contributed by atoms with Crippen LogP contribution < -0.4 is 5.32 Å². The fourth-order valence-electron chi connectivity index (χ4n) is 3.35. The average molecular weight is 378 g/mol. The molecule has 0 bridgehead atoms. The van der Waals surface area contributed by atoms with E-state index in [9.17, 15) is 18.0 Å². The van der Waals surface area contributed by atoms with Crippen LogP contribution in [0.3, 0.4) is 0 Å². The van der Waals surface area contributed by atoms with Gasteiger partial charge in [0.15, 0.2) is 12.2 Å². The van der Waals surface area contributed by atoms with Crippen molar-refractivity contribution in [2.45, 2.75) is 18.5 Å². The molecule has 11 heteroatoms. The van der Waals surface area contributed by atoms with Crippen LogP contribution in [0.2, 0.25) is 0 Å². The minimum absolute atomic E-state index is 0.209. The van der Waals surface area contributed by atoms with Crippen molar-refractivity contribution in [3.63, 3.8) is 0 Å². The smallest absolute Gasteiger partial charge is 0.362 e. The zero-order valence-electron chi connectivity index (χ0n) is 13.3. The molecule has 2 atom stereocenters. The SMILES string of the molecule is O=C(Nc1cccc(-c2cnco2)c1)N1CC[C@@H]2[C@H]1C(=O)N2S(=O)(=O)O. The van der Waals surface area contributed by atoms with E-state index in [0.717, 1.165) is 5.56 Å². The number of likely N-dealkylation sites (tertiary alicyclic amines) is 1. The number of amides is 3. The van der Waals surface area contributed by atoms with Crippen LogP contribution in [0.5, 0.6) is 0 Å². The van der Waals surface area contributed by atoms with Crippen molar-refractivity contribution in [3.8, 4) is 11.3 Å². The second kappa shape index (κ2) is 5.81. The standard InChI is InChI=1S/C15H14N4O6S/c20-14-13-11(19(14)26(22,23)24)4-5-18(13)15(21)17-10-3-1-2-9(6-10)12-7-16-8-25-12/h1-3,6-8,11,13H,4-5H2,(H,17,21)(H,22,23,24)/t11-,13+/m1/s1. The van der Waals surface area contributed by atoms with Crippen molar-refractivity contribution in [3.05, 3.63) is 36.9 Å². The predicted octanol–water partition coefficient (Wildman–Crippen LogP) is 0.961. The van der Waals surface area contributed by atoms with Gasteiger partial charge in [0, 0.05) is 17.8 Å². The van der Waals surface area contributed by atoms with Crippen molar-refractivity contribution < 1.29 is 27.0 Å². The topological polar surface area (TPSA) is 133 Å². The third-order valence-corrected chi connectivity index (χ3v) is 5.43.